The predicted molar refractivity (Wildman–Crippen MR) is 115 cm³/mol. The van der Waals surface area contributed by atoms with Crippen LogP contribution in [-0.2, 0) is 21.2 Å². The van der Waals surface area contributed by atoms with Gasteiger partial charge in [-0.1, -0.05) is 55.5 Å². The summed E-state index contributed by atoms with van der Waals surface area (Å²) >= 11 is 0. The van der Waals surface area contributed by atoms with Crippen LogP contribution in [0.3, 0.4) is 0 Å². The largest absolute Gasteiger partial charge is 0.355 e. The van der Waals surface area contributed by atoms with Gasteiger partial charge in [-0.3, -0.25) is 4.79 Å². The molecule has 1 N–H and O–H groups in total. The van der Waals surface area contributed by atoms with Gasteiger partial charge in [-0.25, -0.2) is 8.42 Å². The van der Waals surface area contributed by atoms with E-state index in [0.29, 0.717) is 19.4 Å². The SMILES string of the molecule is CCN([C@@H]1CCCCNC1=O)S(=O)(=O)c1ccccc1C1=Cc2ccccc2C1. The first-order valence-electron chi connectivity index (χ1n) is 10.2. The molecular formula is C23H26N2O3S. The summed E-state index contributed by atoms with van der Waals surface area (Å²) in [5.74, 6) is -0.196. The van der Waals surface area contributed by atoms with Gasteiger partial charge in [-0.05, 0) is 54.0 Å². The molecule has 0 radical (unpaired) electrons. The number of likely N-dealkylation sites (N-methyl/N-ethyl adjacent to an activating group) is 1. The minimum Gasteiger partial charge on any atom is -0.355 e. The highest BCUT2D eigenvalue weighted by Gasteiger charge is 2.36. The van der Waals surface area contributed by atoms with Crippen molar-refractivity contribution in [3.8, 4) is 0 Å². The maximum Gasteiger partial charge on any atom is 0.244 e. The lowest BCUT2D eigenvalue weighted by atomic mass is 10.0. The number of carbonyl (C=O) groups excluding carboxylic acids is 1. The van der Waals surface area contributed by atoms with Crippen molar-refractivity contribution in [3.63, 3.8) is 0 Å². The average molecular weight is 411 g/mol. The molecule has 1 aliphatic carbocycles. The molecule has 0 unspecified atom stereocenters. The quantitative estimate of drug-likeness (QED) is 0.821. The van der Waals surface area contributed by atoms with Crippen molar-refractivity contribution in [2.24, 2.45) is 0 Å². The van der Waals surface area contributed by atoms with Crippen molar-refractivity contribution in [2.75, 3.05) is 13.1 Å². The highest BCUT2D eigenvalue weighted by atomic mass is 32.2. The van der Waals surface area contributed by atoms with Gasteiger partial charge in [0.25, 0.3) is 0 Å². The molecule has 0 bridgehead atoms. The van der Waals surface area contributed by atoms with Crippen LogP contribution in [-0.4, -0.2) is 37.8 Å². The minimum atomic E-state index is -3.82. The van der Waals surface area contributed by atoms with Crippen LogP contribution in [0.25, 0.3) is 11.6 Å². The Hall–Kier alpha value is -2.44. The van der Waals surface area contributed by atoms with Crippen LogP contribution >= 0.6 is 0 Å². The number of nitrogens with one attached hydrogen (secondary N) is 1. The fourth-order valence-corrected chi connectivity index (χ4v) is 6.15. The molecule has 1 amide bonds. The van der Waals surface area contributed by atoms with E-state index in [2.05, 4.69) is 17.5 Å². The van der Waals surface area contributed by atoms with E-state index in [0.717, 1.165) is 29.5 Å². The van der Waals surface area contributed by atoms with Gasteiger partial charge in [0, 0.05) is 13.1 Å². The van der Waals surface area contributed by atoms with Gasteiger partial charge in [0.1, 0.15) is 6.04 Å². The molecule has 0 spiro atoms. The highest BCUT2D eigenvalue weighted by Crippen LogP contribution is 2.36. The topological polar surface area (TPSA) is 66.5 Å². The van der Waals surface area contributed by atoms with Gasteiger partial charge < -0.3 is 5.32 Å². The Morgan fingerprint density at radius 1 is 1.07 bits per heavy atom. The molecule has 1 aliphatic heterocycles. The Kier molecular flexibility index (Phi) is 5.56. The Bertz CT molecular complexity index is 1060. The van der Waals surface area contributed by atoms with Crippen LogP contribution in [0.5, 0.6) is 0 Å². The molecule has 1 fully saturated rings. The molecule has 5 nitrogen and oxygen atoms in total. The van der Waals surface area contributed by atoms with Crippen LogP contribution < -0.4 is 5.32 Å². The summed E-state index contributed by atoms with van der Waals surface area (Å²) in [6.07, 6.45) is 5.03. The average Bonchev–Trinajstić information content (AvgIpc) is 3.06. The van der Waals surface area contributed by atoms with E-state index in [-0.39, 0.29) is 17.3 Å². The van der Waals surface area contributed by atoms with E-state index < -0.39 is 16.1 Å². The van der Waals surface area contributed by atoms with Crippen molar-refractivity contribution in [2.45, 2.75) is 43.5 Å². The third-order valence-corrected chi connectivity index (χ3v) is 7.79. The lowest BCUT2D eigenvalue weighted by molar-refractivity contribution is -0.124. The molecule has 0 aromatic heterocycles. The maximum absolute atomic E-state index is 13.7. The Morgan fingerprint density at radius 3 is 2.62 bits per heavy atom. The second-order valence-corrected chi connectivity index (χ2v) is 9.41. The maximum atomic E-state index is 13.7. The standard InChI is InChI=1S/C23H26N2O3S/c1-2-25(21-12-7-8-14-24-23(21)26)29(27,28)22-13-6-5-11-20(22)19-15-17-9-3-4-10-18(17)16-19/h3-6,9-11,13,15,21H,2,7-8,12,14,16H2,1H3,(H,24,26)/t21-/m1/s1. The molecule has 2 aromatic carbocycles. The van der Waals surface area contributed by atoms with Crippen molar-refractivity contribution in [1.82, 2.24) is 9.62 Å². The number of amides is 1. The molecule has 2 aliphatic rings. The number of hydrogen-bond donors (Lipinski definition) is 1. The molecule has 2 aromatic rings. The molecule has 0 saturated carbocycles. The Morgan fingerprint density at radius 2 is 1.83 bits per heavy atom. The van der Waals surface area contributed by atoms with E-state index in [1.54, 1.807) is 19.1 Å². The normalized spacial score (nSPS) is 19.4. The molecule has 6 heteroatoms. The fourth-order valence-electron chi connectivity index (χ4n) is 4.29. The molecule has 1 heterocycles. The lowest BCUT2D eigenvalue weighted by Gasteiger charge is -2.28. The van der Waals surface area contributed by atoms with E-state index in [1.165, 1.54) is 9.87 Å². The molecule has 1 atom stereocenters. The first-order chi connectivity index (χ1) is 14.0. The second-order valence-electron chi connectivity index (χ2n) is 7.55. The van der Waals surface area contributed by atoms with E-state index in [9.17, 15) is 13.2 Å². The molecular weight excluding hydrogens is 384 g/mol. The van der Waals surface area contributed by atoms with Gasteiger partial charge >= 0.3 is 0 Å². The van der Waals surface area contributed by atoms with Crippen molar-refractivity contribution in [1.29, 1.82) is 0 Å². The summed E-state index contributed by atoms with van der Waals surface area (Å²) in [7, 11) is -3.82. The number of carbonyl (C=O) groups is 1. The number of fused-ring (bicyclic) bond motifs is 1. The van der Waals surface area contributed by atoms with Crippen LogP contribution in [0.15, 0.2) is 53.4 Å². The van der Waals surface area contributed by atoms with Gasteiger partial charge in [0.05, 0.1) is 4.90 Å². The summed E-state index contributed by atoms with van der Waals surface area (Å²) < 4.78 is 28.7. The highest BCUT2D eigenvalue weighted by molar-refractivity contribution is 7.89. The zero-order valence-corrected chi connectivity index (χ0v) is 17.4. The number of hydrogen-bond acceptors (Lipinski definition) is 3. The van der Waals surface area contributed by atoms with Crippen LogP contribution in [0.1, 0.15) is 42.9 Å². The third-order valence-electron chi connectivity index (χ3n) is 5.75. The smallest absolute Gasteiger partial charge is 0.244 e. The number of benzene rings is 2. The molecule has 1 saturated heterocycles. The van der Waals surface area contributed by atoms with Crippen molar-refractivity contribution in [3.05, 3.63) is 65.2 Å². The number of nitrogens with zero attached hydrogens (tertiary/aromatic N) is 1. The number of allylic oxidation sites excluding steroid dienone is 1. The van der Waals surface area contributed by atoms with Crippen LogP contribution in [0.4, 0.5) is 0 Å². The third kappa shape index (κ3) is 3.74. The monoisotopic (exact) mass is 410 g/mol. The summed E-state index contributed by atoms with van der Waals surface area (Å²) in [5, 5.41) is 2.86. The number of rotatable bonds is 5. The second kappa shape index (κ2) is 8.13. The van der Waals surface area contributed by atoms with E-state index in [4.69, 9.17) is 0 Å². The first kappa shape index (κ1) is 19.9. The number of sulfonamides is 1. The molecule has 4 rings (SSSR count). The van der Waals surface area contributed by atoms with Gasteiger partial charge in [-0.2, -0.15) is 4.31 Å². The summed E-state index contributed by atoms with van der Waals surface area (Å²) in [6.45, 7) is 2.66. The zero-order valence-electron chi connectivity index (χ0n) is 16.6. The minimum absolute atomic E-state index is 0.196. The summed E-state index contributed by atoms with van der Waals surface area (Å²) in [6, 6.07) is 14.6. The van der Waals surface area contributed by atoms with Gasteiger partial charge in [0.15, 0.2) is 0 Å². The molecule has 152 valence electrons. The van der Waals surface area contributed by atoms with Gasteiger partial charge in [0.2, 0.25) is 15.9 Å². The van der Waals surface area contributed by atoms with Crippen molar-refractivity contribution >= 4 is 27.6 Å². The van der Waals surface area contributed by atoms with Crippen molar-refractivity contribution < 1.29 is 13.2 Å². The predicted octanol–water partition coefficient (Wildman–Crippen LogP) is 3.46. The zero-order chi connectivity index (χ0) is 20.4. The van der Waals surface area contributed by atoms with Gasteiger partial charge in [-0.15, -0.1) is 0 Å². The molecule has 29 heavy (non-hydrogen) atoms. The van der Waals surface area contributed by atoms with Crippen LogP contribution in [0.2, 0.25) is 0 Å². The Balaban J connectivity index is 1.74. The van der Waals surface area contributed by atoms with Crippen LogP contribution in [0, 0.1) is 0 Å². The summed E-state index contributed by atoms with van der Waals surface area (Å²) in [4.78, 5) is 12.8. The van der Waals surface area contributed by atoms with E-state index in [1.807, 2.05) is 30.3 Å². The fraction of sp³-hybridized carbons (Fsp3) is 0.348. The lowest BCUT2D eigenvalue weighted by Crippen LogP contribution is -2.48. The Labute approximate surface area is 172 Å². The van der Waals surface area contributed by atoms with E-state index >= 15 is 0 Å². The summed E-state index contributed by atoms with van der Waals surface area (Å²) in [5.41, 5.74) is 4.04. The first-order valence-corrected chi connectivity index (χ1v) is 11.6.